The number of aryl methyl sites for hydroxylation is 1. The van der Waals surface area contributed by atoms with E-state index in [0.717, 1.165) is 43.7 Å². The maximum Gasteiger partial charge on any atom is 0.276 e. The molecular weight excluding hydrogens is 302 g/mol. The highest BCUT2D eigenvalue weighted by molar-refractivity contribution is 5.93. The van der Waals surface area contributed by atoms with Crippen LogP contribution in [0, 0.1) is 6.92 Å². The minimum Gasteiger partial charge on any atom is -0.336 e. The molecule has 1 N–H and O–H groups in total. The highest BCUT2D eigenvalue weighted by Crippen LogP contribution is 2.42. The van der Waals surface area contributed by atoms with Gasteiger partial charge >= 0.3 is 0 Å². The number of hydrogen-bond acceptors (Lipinski definition) is 4. The third-order valence-corrected chi connectivity index (χ3v) is 5.05. The molecule has 1 aliphatic carbocycles. The standard InChI is InChI=1S/C18H23N5O/c1-12-3-7-14(8-4-12)23-17(13-5-6-13)16(20-21-23)18(24)22(2)15-9-10-19-11-15/h3-4,7-8,13,15,19H,5-6,9-11H2,1-2H3/t15-/m0/s1. The highest BCUT2D eigenvalue weighted by Gasteiger charge is 2.36. The summed E-state index contributed by atoms with van der Waals surface area (Å²) in [6.45, 7) is 3.88. The van der Waals surface area contributed by atoms with Crippen molar-refractivity contribution in [3.63, 3.8) is 0 Å². The fourth-order valence-corrected chi connectivity index (χ4v) is 3.34. The number of aromatic nitrogens is 3. The summed E-state index contributed by atoms with van der Waals surface area (Å²) >= 11 is 0. The van der Waals surface area contributed by atoms with Gasteiger partial charge in [0.15, 0.2) is 5.69 Å². The average Bonchev–Trinajstić information content (AvgIpc) is 3.12. The first-order valence-corrected chi connectivity index (χ1v) is 8.65. The van der Waals surface area contributed by atoms with Gasteiger partial charge in [-0.3, -0.25) is 4.79 Å². The molecule has 6 heteroatoms. The van der Waals surface area contributed by atoms with E-state index in [-0.39, 0.29) is 11.9 Å². The molecule has 2 heterocycles. The predicted molar refractivity (Wildman–Crippen MR) is 91.4 cm³/mol. The van der Waals surface area contributed by atoms with Crippen LogP contribution in [-0.2, 0) is 0 Å². The first-order valence-electron chi connectivity index (χ1n) is 8.65. The second kappa shape index (κ2) is 6.02. The first kappa shape index (κ1) is 15.3. The van der Waals surface area contributed by atoms with E-state index >= 15 is 0 Å². The Balaban J connectivity index is 1.68. The molecular formula is C18H23N5O. The van der Waals surface area contributed by atoms with Crippen LogP contribution in [0.2, 0.25) is 0 Å². The van der Waals surface area contributed by atoms with Crippen LogP contribution in [-0.4, -0.2) is 52.0 Å². The number of rotatable bonds is 4. The largest absolute Gasteiger partial charge is 0.336 e. The van der Waals surface area contributed by atoms with Crippen LogP contribution in [0.15, 0.2) is 24.3 Å². The lowest BCUT2D eigenvalue weighted by Gasteiger charge is -2.23. The maximum atomic E-state index is 13.0. The zero-order valence-electron chi connectivity index (χ0n) is 14.2. The van der Waals surface area contributed by atoms with Gasteiger partial charge in [0.05, 0.1) is 11.4 Å². The van der Waals surface area contributed by atoms with Crippen molar-refractivity contribution in [2.45, 2.75) is 38.1 Å². The fourth-order valence-electron chi connectivity index (χ4n) is 3.34. The maximum absolute atomic E-state index is 13.0. The van der Waals surface area contributed by atoms with Gasteiger partial charge in [0.2, 0.25) is 0 Å². The van der Waals surface area contributed by atoms with Crippen molar-refractivity contribution < 1.29 is 4.79 Å². The quantitative estimate of drug-likeness (QED) is 0.932. The Hall–Kier alpha value is -2.21. The summed E-state index contributed by atoms with van der Waals surface area (Å²) < 4.78 is 1.85. The summed E-state index contributed by atoms with van der Waals surface area (Å²) in [7, 11) is 1.88. The van der Waals surface area contributed by atoms with Gasteiger partial charge in [-0.15, -0.1) is 5.10 Å². The second-order valence-corrected chi connectivity index (χ2v) is 6.91. The second-order valence-electron chi connectivity index (χ2n) is 6.91. The molecule has 1 atom stereocenters. The fraction of sp³-hybridized carbons (Fsp3) is 0.500. The number of hydrogen-bond donors (Lipinski definition) is 1. The van der Waals surface area contributed by atoms with E-state index in [4.69, 9.17) is 0 Å². The Bertz CT molecular complexity index is 741. The average molecular weight is 325 g/mol. The third-order valence-electron chi connectivity index (χ3n) is 5.05. The number of likely N-dealkylation sites (N-methyl/N-ethyl adjacent to an activating group) is 1. The van der Waals surface area contributed by atoms with E-state index in [2.05, 4.69) is 34.7 Å². The van der Waals surface area contributed by atoms with E-state index in [9.17, 15) is 4.79 Å². The minimum absolute atomic E-state index is 0.0102. The third kappa shape index (κ3) is 2.71. The van der Waals surface area contributed by atoms with Crippen LogP contribution < -0.4 is 5.32 Å². The normalized spacial score (nSPS) is 20.3. The van der Waals surface area contributed by atoms with Crippen molar-refractivity contribution in [1.29, 1.82) is 0 Å². The topological polar surface area (TPSA) is 63.1 Å². The van der Waals surface area contributed by atoms with Crippen molar-refractivity contribution in [1.82, 2.24) is 25.2 Å². The smallest absolute Gasteiger partial charge is 0.276 e. The number of carbonyl (C=O) groups excluding carboxylic acids is 1. The summed E-state index contributed by atoms with van der Waals surface area (Å²) in [5.41, 5.74) is 3.67. The van der Waals surface area contributed by atoms with Crippen molar-refractivity contribution >= 4 is 5.91 Å². The monoisotopic (exact) mass is 325 g/mol. The van der Waals surface area contributed by atoms with Crippen molar-refractivity contribution in [2.75, 3.05) is 20.1 Å². The van der Waals surface area contributed by atoms with Gasteiger partial charge in [-0.1, -0.05) is 22.9 Å². The zero-order chi connectivity index (χ0) is 16.7. The number of amides is 1. The molecule has 0 unspecified atom stereocenters. The number of nitrogens with one attached hydrogen (secondary N) is 1. The molecule has 1 saturated heterocycles. The highest BCUT2D eigenvalue weighted by atomic mass is 16.2. The molecule has 126 valence electrons. The summed E-state index contributed by atoms with van der Waals surface area (Å²) in [6.07, 6.45) is 3.20. The summed E-state index contributed by atoms with van der Waals surface area (Å²) in [6, 6.07) is 8.44. The molecule has 2 aliphatic rings. The van der Waals surface area contributed by atoms with E-state index in [1.165, 1.54) is 5.56 Å². The van der Waals surface area contributed by atoms with E-state index in [0.29, 0.717) is 11.6 Å². The summed E-state index contributed by atoms with van der Waals surface area (Å²) in [5, 5.41) is 11.9. The van der Waals surface area contributed by atoms with Crippen molar-refractivity contribution in [3.05, 3.63) is 41.2 Å². The molecule has 4 rings (SSSR count). The van der Waals surface area contributed by atoms with Crippen molar-refractivity contribution in [2.24, 2.45) is 0 Å². The molecule has 6 nitrogen and oxygen atoms in total. The first-order chi connectivity index (χ1) is 11.6. The number of nitrogens with zero attached hydrogens (tertiary/aromatic N) is 4. The van der Waals surface area contributed by atoms with Crippen LogP contribution in [0.1, 0.15) is 46.9 Å². The lowest BCUT2D eigenvalue weighted by Crippen LogP contribution is -2.39. The van der Waals surface area contributed by atoms with Gasteiger partial charge in [-0.2, -0.15) is 0 Å². The molecule has 0 spiro atoms. The molecule has 2 aromatic rings. The Kier molecular flexibility index (Phi) is 3.84. The SMILES string of the molecule is Cc1ccc(-n2nnc(C(=O)N(C)[C@H]3CCNC3)c2C2CC2)cc1. The summed E-state index contributed by atoms with van der Waals surface area (Å²) in [5.74, 6) is 0.388. The van der Waals surface area contributed by atoms with E-state index < -0.39 is 0 Å². The lowest BCUT2D eigenvalue weighted by molar-refractivity contribution is 0.0736. The van der Waals surface area contributed by atoms with Gasteiger partial charge in [-0.25, -0.2) is 4.68 Å². The Morgan fingerprint density at radius 1 is 1.25 bits per heavy atom. The molecule has 0 radical (unpaired) electrons. The number of benzene rings is 1. The van der Waals surface area contributed by atoms with E-state index in [1.54, 1.807) is 0 Å². The Morgan fingerprint density at radius 3 is 2.62 bits per heavy atom. The van der Waals surface area contributed by atoms with Crippen LogP contribution >= 0.6 is 0 Å². The molecule has 1 saturated carbocycles. The van der Waals surface area contributed by atoms with Crippen LogP contribution in [0.4, 0.5) is 0 Å². The van der Waals surface area contributed by atoms with Crippen LogP contribution in [0.25, 0.3) is 5.69 Å². The Labute approximate surface area is 141 Å². The molecule has 1 aromatic carbocycles. The molecule has 1 aliphatic heterocycles. The molecule has 1 amide bonds. The van der Waals surface area contributed by atoms with Crippen LogP contribution in [0.3, 0.4) is 0 Å². The minimum atomic E-state index is -0.0102. The van der Waals surface area contributed by atoms with Crippen molar-refractivity contribution in [3.8, 4) is 5.69 Å². The van der Waals surface area contributed by atoms with Gasteiger partial charge < -0.3 is 10.2 Å². The van der Waals surface area contributed by atoms with Gasteiger partial charge in [-0.05, 0) is 44.9 Å². The van der Waals surface area contributed by atoms with Gasteiger partial charge in [0.25, 0.3) is 5.91 Å². The van der Waals surface area contributed by atoms with Gasteiger partial charge in [0.1, 0.15) is 0 Å². The van der Waals surface area contributed by atoms with E-state index in [1.807, 2.05) is 28.8 Å². The molecule has 1 aromatic heterocycles. The predicted octanol–water partition coefficient (Wildman–Crippen LogP) is 1.89. The number of carbonyl (C=O) groups is 1. The van der Waals surface area contributed by atoms with Crippen LogP contribution in [0.5, 0.6) is 0 Å². The lowest BCUT2D eigenvalue weighted by atomic mass is 10.1. The molecule has 2 fully saturated rings. The molecule has 0 bridgehead atoms. The van der Waals surface area contributed by atoms with Gasteiger partial charge in [0, 0.05) is 25.6 Å². The summed E-state index contributed by atoms with van der Waals surface area (Å²) in [4.78, 5) is 14.8. The zero-order valence-corrected chi connectivity index (χ0v) is 14.2. The molecule has 24 heavy (non-hydrogen) atoms. The Morgan fingerprint density at radius 2 is 2.00 bits per heavy atom.